The fraction of sp³-hybridized carbons (Fsp3) is 0.0351. The number of alkyl halides is 6. The van der Waals surface area contributed by atoms with Crippen molar-refractivity contribution < 1.29 is 26.3 Å². The molecule has 0 aliphatic rings. The number of hydrogen-bond acceptors (Lipinski definition) is 5. The van der Waals surface area contributed by atoms with Gasteiger partial charge >= 0.3 is 12.4 Å². The van der Waals surface area contributed by atoms with Crippen LogP contribution in [0.15, 0.2) is 206 Å². The SMILES string of the molecule is FC(F)(F)c1cc(-c2ccc3c(c2)c2ccccc2n3-c2ccc(-c3nc(-c4ccccc4)nc(-c4ccccc4)n3)cc2-c2cc(-c3ccccc3)nc(-c3ccccc3)n2)cc(C(F)(F)F)c1. The minimum atomic E-state index is -5.01. The minimum absolute atomic E-state index is 0.139. The molecule has 334 valence electrons. The number of para-hydroxylation sites is 1. The van der Waals surface area contributed by atoms with Gasteiger partial charge in [-0.3, -0.25) is 0 Å². The number of halogens is 6. The topological polar surface area (TPSA) is 69.4 Å². The highest BCUT2D eigenvalue weighted by Gasteiger charge is 2.37. The highest BCUT2D eigenvalue weighted by Crippen LogP contribution is 2.43. The number of hydrogen-bond donors (Lipinski definition) is 0. The molecule has 0 aliphatic carbocycles. The van der Waals surface area contributed by atoms with E-state index < -0.39 is 23.5 Å². The third-order valence-corrected chi connectivity index (χ3v) is 11.9. The van der Waals surface area contributed by atoms with Gasteiger partial charge in [0.25, 0.3) is 0 Å². The Balaban J connectivity index is 1.18. The molecule has 0 saturated heterocycles. The third kappa shape index (κ3) is 8.37. The van der Waals surface area contributed by atoms with Gasteiger partial charge in [0.2, 0.25) is 0 Å². The number of rotatable bonds is 8. The zero-order chi connectivity index (χ0) is 47.3. The van der Waals surface area contributed by atoms with Gasteiger partial charge < -0.3 is 4.57 Å². The third-order valence-electron chi connectivity index (χ3n) is 11.9. The zero-order valence-electron chi connectivity index (χ0n) is 36.1. The molecule has 0 unspecified atom stereocenters. The van der Waals surface area contributed by atoms with Gasteiger partial charge in [-0.15, -0.1) is 0 Å². The molecule has 6 nitrogen and oxygen atoms in total. The first-order chi connectivity index (χ1) is 33.4. The summed E-state index contributed by atoms with van der Waals surface area (Å²) in [4.78, 5) is 25.3. The van der Waals surface area contributed by atoms with Crippen molar-refractivity contribution in [1.29, 1.82) is 0 Å². The van der Waals surface area contributed by atoms with Crippen molar-refractivity contribution in [2.75, 3.05) is 0 Å². The predicted octanol–water partition coefficient (Wildman–Crippen LogP) is 15.5. The maximum Gasteiger partial charge on any atom is 0.416 e. The Bertz CT molecular complexity index is 3540. The van der Waals surface area contributed by atoms with Crippen LogP contribution in [0.2, 0.25) is 0 Å². The second-order valence-electron chi connectivity index (χ2n) is 16.3. The van der Waals surface area contributed by atoms with Crippen LogP contribution in [-0.4, -0.2) is 29.5 Å². The van der Waals surface area contributed by atoms with Crippen molar-refractivity contribution in [2.45, 2.75) is 12.4 Å². The molecule has 11 aromatic rings. The smallest absolute Gasteiger partial charge is 0.309 e. The Morgan fingerprint density at radius 2 is 0.754 bits per heavy atom. The number of nitrogens with zero attached hydrogens (tertiary/aromatic N) is 6. The maximum atomic E-state index is 14.1. The van der Waals surface area contributed by atoms with Crippen LogP contribution in [0.25, 0.3) is 107 Å². The standard InChI is InChI=1S/C57H34F6N6/c58-56(59,60)42-29-41(30-43(33-42)57(61,62)63)39-25-27-50-45(31-39)44-23-13-14-24-49(44)69(50)51-28-26-40(55-67-53(37-19-9-3-10-20-37)66-54(68-55)38-21-11-4-12-22-38)32-46(51)48-34-47(35-15-5-1-6-16-35)64-52(65-48)36-17-7-2-8-18-36/h1-34H. The van der Waals surface area contributed by atoms with E-state index in [0.717, 1.165) is 45.3 Å². The molecule has 0 spiro atoms. The first-order valence-corrected chi connectivity index (χ1v) is 21.8. The van der Waals surface area contributed by atoms with E-state index >= 15 is 0 Å². The van der Waals surface area contributed by atoms with Crippen molar-refractivity contribution in [2.24, 2.45) is 0 Å². The highest BCUT2D eigenvalue weighted by molar-refractivity contribution is 6.11. The quantitative estimate of drug-likeness (QED) is 0.142. The van der Waals surface area contributed by atoms with Crippen LogP contribution >= 0.6 is 0 Å². The summed E-state index contributed by atoms with van der Waals surface area (Å²) in [6.07, 6.45) is -10.0. The van der Waals surface area contributed by atoms with E-state index in [0.29, 0.717) is 62.4 Å². The number of aromatic nitrogens is 6. The van der Waals surface area contributed by atoms with Gasteiger partial charge in [0.05, 0.1) is 39.2 Å². The van der Waals surface area contributed by atoms with E-state index in [1.54, 1.807) is 18.2 Å². The summed E-state index contributed by atoms with van der Waals surface area (Å²) in [7, 11) is 0. The monoisotopic (exact) mass is 916 g/mol. The molecule has 0 N–H and O–H groups in total. The van der Waals surface area contributed by atoms with E-state index in [4.69, 9.17) is 24.9 Å². The first kappa shape index (κ1) is 42.8. The lowest BCUT2D eigenvalue weighted by molar-refractivity contribution is -0.143. The molecule has 0 saturated carbocycles. The number of fused-ring (bicyclic) bond motifs is 3. The van der Waals surface area contributed by atoms with Gasteiger partial charge in [0, 0.05) is 44.2 Å². The molecule has 3 aromatic heterocycles. The van der Waals surface area contributed by atoms with Crippen LogP contribution in [0, 0.1) is 0 Å². The molecule has 0 radical (unpaired) electrons. The van der Waals surface area contributed by atoms with Crippen LogP contribution in [0.1, 0.15) is 11.1 Å². The lowest BCUT2D eigenvalue weighted by Crippen LogP contribution is -2.11. The molecule has 12 heteroatoms. The van der Waals surface area contributed by atoms with Crippen molar-refractivity contribution in [3.8, 4) is 84.9 Å². The highest BCUT2D eigenvalue weighted by atomic mass is 19.4. The molecule has 11 rings (SSSR count). The molecule has 0 amide bonds. The normalized spacial score (nSPS) is 11.9. The Hall–Kier alpha value is -8.77. The van der Waals surface area contributed by atoms with Gasteiger partial charge in [-0.25, -0.2) is 24.9 Å². The Labute approximate surface area is 390 Å². The second kappa shape index (κ2) is 17.1. The van der Waals surface area contributed by atoms with Crippen LogP contribution in [0.3, 0.4) is 0 Å². The summed E-state index contributed by atoms with van der Waals surface area (Å²) in [6.45, 7) is 0. The van der Waals surface area contributed by atoms with Crippen molar-refractivity contribution in [3.05, 3.63) is 217 Å². The van der Waals surface area contributed by atoms with Gasteiger partial charge in [-0.2, -0.15) is 26.3 Å². The Morgan fingerprint density at radius 3 is 1.30 bits per heavy atom. The van der Waals surface area contributed by atoms with Crippen molar-refractivity contribution in [1.82, 2.24) is 29.5 Å². The second-order valence-corrected chi connectivity index (χ2v) is 16.3. The van der Waals surface area contributed by atoms with E-state index in [2.05, 4.69) is 0 Å². The molecule has 0 atom stereocenters. The zero-order valence-corrected chi connectivity index (χ0v) is 36.1. The summed E-state index contributed by atoms with van der Waals surface area (Å²) in [5, 5.41) is 1.33. The van der Waals surface area contributed by atoms with Crippen LogP contribution in [0.4, 0.5) is 26.3 Å². The molecular formula is C57H34F6N6. The fourth-order valence-electron chi connectivity index (χ4n) is 8.60. The molecule has 0 fully saturated rings. The molecular weight excluding hydrogens is 883 g/mol. The molecule has 0 aliphatic heterocycles. The van der Waals surface area contributed by atoms with E-state index in [9.17, 15) is 26.3 Å². The largest absolute Gasteiger partial charge is 0.416 e. The summed E-state index contributed by atoms with van der Waals surface area (Å²) < 4.78 is 86.4. The maximum absolute atomic E-state index is 14.1. The van der Waals surface area contributed by atoms with Gasteiger partial charge in [0.1, 0.15) is 0 Å². The Morgan fingerprint density at radius 1 is 0.304 bits per heavy atom. The summed E-state index contributed by atoms with van der Waals surface area (Å²) in [5.41, 5.74) is 5.04. The van der Waals surface area contributed by atoms with E-state index in [-0.39, 0.29) is 17.2 Å². The summed E-state index contributed by atoms with van der Waals surface area (Å²) in [5.74, 6) is 1.84. The Kier molecular flexibility index (Phi) is 10.6. The fourth-order valence-corrected chi connectivity index (χ4v) is 8.60. The molecule has 8 aromatic carbocycles. The predicted molar refractivity (Wildman–Crippen MR) is 258 cm³/mol. The first-order valence-electron chi connectivity index (χ1n) is 21.8. The molecule has 3 heterocycles. The van der Waals surface area contributed by atoms with Crippen LogP contribution in [0.5, 0.6) is 0 Å². The van der Waals surface area contributed by atoms with Crippen LogP contribution < -0.4 is 0 Å². The van der Waals surface area contributed by atoms with Crippen LogP contribution in [-0.2, 0) is 12.4 Å². The lowest BCUT2D eigenvalue weighted by atomic mass is 9.97. The molecule has 0 bridgehead atoms. The average molecular weight is 917 g/mol. The van der Waals surface area contributed by atoms with Crippen molar-refractivity contribution >= 4 is 21.8 Å². The minimum Gasteiger partial charge on any atom is -0.309 e. The van der Waals surface area contributed by atoms with Crippen molar-refractivity contribution in [3.63, 3.8) is 0 Å². The van der Waals surface area contributed by atoms with Gasteiger partial charge in [-0.1, -0.05) is 146 Å². The lowest BCUT2D eigenvalue weighted by Gasteiger charge is -2.17. The van der Waals surface area contributed by atoms with Gasteiger partial charge in [0.15, 0.2) is 23.3 Å². The number of benzene rings is 8. The van der Waals surface area contributed by atoms with E-state index in [1.807, 2.05) is 174 Å². The average Bonchev–Trinajstić information content (AvgIpc) is 3.72. The van der Waals surface area contributed by atoms with E-state index in [1.165, 1.54) is 0 Å². The summed E-state index contributed by atoms with van der Waals surface area (Å²) >= 11 is 0. The van der Waals surface area contributed by atoms with Gasteiger partial charge in [-0.05, 0) is 71.8 Å². The summed E-state index contributed by atoms with van der Waals surface area (Å²) in [6, 6.07) is 60.6. The molecule has 69 heavy (non-hydrogen) atoms.